The van der Waals surface area contributed by atoms with Crippen LogP contribution in [0.25, 0.3) is 0 Å². The van der Waals surface area contributed by atoms with E-state index in [-0.39, 0.29) is 24.0 Å². The highest BCUT2D eigenvalue weighted by Gasteiger charge is 2.23. The number of hydrogen-bond donors (Lipinski definition) is 1. The van der Waals surface area contributed by atoms with E-state index >= 15 is 0 Å². The molecule has 1 N–H and O–H groups in total. The van der Waals surface area contributed by atoms with Gasteiger partial charge in [0.2, 0.25) is 0 Å². The van der Waals surface area contributed by atoms with Gasteiger partial charge in [-0.3, -0.25) is 4.99 Å². The Labute approximate surface area is 171 Å². The highest BCUT2D eigenvalue weighted by molar-refractivity contribution is 14.0. The molecule has 2 aliphatic rings. The first-order chi connectivity index (χ1) is 12.4. The maximum Gasteiger partial charge on any atom is 0.198 e. The van der Waals surface area contributed by atoms with E-state index in [1.54, 1.807) is 6.26 Å². The van der Waals surface area contributed by atoms with Crippen molar-refractivity contribution < 1.29 is 9.15 Å². The number of rotatable bonds is 5. The van der Waals surface area contributed by atoms with E-state index in [0.717, 1.165) is 63.8 Å². The third-order valence-electron chi connectivity index (χ3n) is 4.90. The fraction of sp³-hybridized carbons (Fsp3) is 0.450. The summed E-state index contributed by atoms with van der Waals surface area (Å²) in [7, 11) is 0. The Kier molecular flexibility index (Phi) is 6.96. The zero-order valence-electron chi connectivity index (χ0n) is 14.9. The van der Waals surface area contributed by atoms with Gasteiger partial charge >= 0.3 is 0 Å². The maximum absolute atomic E-state index is 5.49. The minimum absolute atomic E-state index is 0. The summed E-state index contributed by atoms with van der Waals surface area (Å²) in [5.41, 5.74) is 2.67. The van der Waals surface area contributed by atoms with Crippen molar-refractivity contribution in [2.45, 2.75) is 19.3 Å². The average molecular weight is 467 g/mol. The van der Waals surface area contributed by atoms with Crippen molar-refractivity contribution in [3.05, 3.63) is 54.0 Å². The predicted molar refractivity (Wildman–Crippen MR) is 115 cm³/mol. The van der Waals surface area contributed by atoms with Crippen LogP contribution in [0.5, 0.6) is 0 Å². The fourth-order valence-corrected chi connectivity index (χ4v) is 3.49. The van der Waals surface area contributed by atoms with Gasteiger partial charge in [0.15, 0.2) is 5.96 Å². The van der Waals surface area contributed by atoms with Gasteiger partial charge in [-0.1, -0.05) is 18.2 Å². The van der Waals surface area contributed by atoms with Crippen LogP contribution < -0.4 is 10.2 Å². The molecule has 1 fully saturated rings. The average Bonchev–Trinajstić information content (AvgIpc) is 3.39. The van der Waals surface area contributed by atoms with Gasteiger partial charge in [0.1, 0.15) is 5.76 Å². The molecule has 5 nitrogen and oxygen atoms in total. The number of ether oxygens (including phenoxy) is 1. The molecule has 2 aliphatic heterocycles. The number of anilines is 1. The van der Waals surface area contributed by atoms with Gasteiger partial charge < -0.3 is 19.4 Å². The SMILES string of the molecule is I.c1coc(CCNC(=NCC2CCOC2)N2CCc3ccccc32)c1. The second-order valence-corrected chi connectivity index (χ2v) is 6.68. The number of hydrogen-bond acceptors (Lipinski definition) is 3. The molecule has 4 rings (SSSR count). The van der Waals surface area contributed by atoms with Gasteiger partial charge in [-0.15, -0.1) is 24.0 Å². The van der Waals surface area contributed by atoms with Crippen LogP contribution >= 0.6 is 24.0 Å². The summed E-state index contributed by atoms with van der Waals surface area (Å²) < 4.78 is 10.9. The molecule has 0 aliphatic carbocycles. The van der Waals surface area contributed by atoms with Crippen LogP contribution in [0.4, 0.5) is 5.69 Å². The van der Waals surface area contributed by atoms with Crippen molar-refractivity contribution in [1.29, 1.82) is 0 Å². The van der Waals surface area contributed by atoms with Gasteiger partial charge in [0, 0.05) is 44.3 Å². The van der Waals surface area contributed by atoms with Gasteiger partial charge in [0.05, 0.1) is 12.9 Å². The van der Waals surface area contributed by atoms with E-state index in [2.05, 4.69) is 34.5 Å². The fourth-order valence-electron chi connectivity index (χ4n) is 3.49. The molecule has 1 unspecified atom stereocenters. The molecule has 140 valence electrons. The lowest BCUT2D eigenvalue weighted by Crippen LogP contribution is -2.42. The lowest BCUT2D eigenvalue weighted by Gasteiger charge is -2.23. The second-order valence-electron chi connectivity index (χ2n) is 6.68. The van der Waals surface area contributed by atoms with E-state index in [1.165, 1.54) is 11.3 Å². The third-order valence-corrected chi connectivity index (χ3v) is 4.90. The molecule has 1 aromatic carbocycles. The number of aliphatic imine (C=N–C) groups is 1. The standard InChI is InChI=1S/C20H25N3O2.HI/c1-2-6-19-17(4-1)8-11-23(19)20(22-14-16-9-13-24-15-16)21-10-7-18-5-3-12-25-18;/h1-6,12,16H,7-11,13-15H2,(H,21,22);1H. The van der Waals surface area contributed by atoms with Crippen molar-refractivity contribution in [3.63, 3.8) is 0 Å². The minimum Gasteiger partial charge on any atom is -0.469 e. The van der Waals surface area contributed by atoms with Gasteiger partial charge in [-0.2, -0.15) is 0 Å². The molecule has 0 spiro atoms. The van der Waals surface area contributed by atoms with Crippen LogP contribution in [0.3, 0.4) is 0 Å². The number of guanidine groups is 1. The van der Waals surface area contributed by atoms with Crippen molar-refractivity contribution in [1.82, 2.24) is 5.32 Å². The normalized spacial score (nSPS) is 19.3. The van der Waals surface area contributed by atoms with Gasteiger partial charge in [0.25, 0.3) is 0 Å². The van der Waals surface area contributed by atoms with Crippen LogP contribution in [0.1, 0.15) is 17.7 Å². The molecule has 1 saturated heterocycles. The Bertz CT molecular complexity index is 712. The van der Waals surface area contributed by atoms with Gasteiger partial charge in [-0.05, 0) is 36.6 Å². The number of benzene rings is 1. The molecule has 0 saturated carbocycles. The summed E-state index contributed by atoms with van der Waals surface area (Å²) in [5, 5.41) is 3.54. The van der Waals surface area contributed by atoms with Crippen LogP contribution in [0.2, 0.25) is 0 Å². The van der Waals surface area contributed by atoms with Crippen molar-refractivity contribution in [2.24, 2.45) is 10.9 Å². The van der Waals surface area contributed by atoms with Crippen LogP contribution in [-0.2, 0) is 17.6 Å². The van der Waals surface area contributed by atoms with Crippen molar-refractivity contribution in [3.8, 4) is 0 Å². The molecule has 3 heterocycles. The van der Waals surface area contributed by atoms with E-state index in [1.807, 2.05) is 12.1 Å². The highest BCUT2D eigenvalue weighted by atomic mass is 127. The van der Waals surface area contributed by atoms with Crippen molar-refractivity contribution >= 4 is 35.6 Å². The smallest absolute Gasteiger partial charge is 0.198 e. The number of nitrogens with zero attached hydrogens (tertiary/aromatic N) is 2. The van der Waals surface area contributed by atoms with E-state index < -0.39 is 0 Å². The Morgan fingerprint density at radius 2 is 2.15 bits per heavy atom. The monoisotopic (exact) mass is 467 g/mol. The summed E-state index contributed by atoms with van der Waals surface area (Å²) in [6.07, 6.45) is 4.76. The maximum atomic E-state index is 5.49. The summed E-state index contributed by atoms with van der Waals surface area (Å²) in [4.78, 5) is 7.24. The second kappa shape index (κ2) is 9.41. The predicted octanol–water partition coefficient (Wildman–Crippen LogP) is 3.48. The van der Waals surface area contributed by atoms with Crippen LogP contribution in [0.15, 0.2) is 52.1 Å². The molecule has 1 atom stereocenters. The minimum atomic E-state index is 0. The van der Waals surface area contributed by atoms with E-state index in [4.69, 9.17) is 14.1 Å². The first-order valence-electron chi connectivity index (χ1n) is 9.14. The Hall–Kier alpha value is -1.54. The zero-order chi connectivity index (χ0) is 16.9. The summed E-state index contributed by atoms with van der Waals surface area (Å²) >= 11 is 0. The largest absolute Gasteiger partial charge is 0.469 e. The quantitative estimate of drug-likeness (QED) is 0.416. The molecule has 0 radical (unpaired) electrons. The molecule has 0 bridgehead atoms. The number of furan rings is 1. The lowest BCUT2D eigenvalue weighted by atomic mass is 10.1. The van der Waals surface area contributed by atoms with Crippen LogP contribution in [0, 0.1) is 5.92 Å². The highest BCUT2D eigenvalue weighted by Crippen LogP contribution is 2.27. The Morgan fingerprint density at radius 1 is 1.23 bits per heavy atom. The number of fused-ring (bicyclic) bond motifs is 1. The molecule has 2 aromatic rings. The molecule has 0 amide bonds. The third kappa shape index (κ3) is 4.59. The molecule has 26 heavy (non-hydrogen) atoms. The van der Waals surface area contributed by atoms with Crippen molar-refractivity contribution in [2.75, 3.05) is 37.7 Å². The molecular formula is C20H26IN3O2. The summed E-state index contributed by atoms with van der Waals surface area (Å²) in [6.45, 7) is 4.31. The van der Waals surface area contributed by atoms with Gasteiger partial charge in [-0.25, -0.2) is 0 Å². The summed E-state index contributed by atoms with van der Waals surface area (Å²) in [6, 6.07) is 12.5. The first-order valence-corrected chi connectivity index (χ1v) is 9.14. The van der Waals surface area contributed by atoms with E-state index in [9.17, 15) is 0 Å². The molecule has 1 aromatic heterocycles. The zero-order valence-corrected chi connectivity index (χ0v) is 17.2. The van der Waals surface area contributed by atoms with E-state index in [0.29, 0.717) is 5.92 Å². The summed E-state index contributed by atoms with van der Waals surface area (Å²) in [5.74, 6) is 2.51. The van der Waals surface area contributed by atoms with Crippen LogP contribution in [-0.4, -0.2) is 38.8 Å². The number of para-hydroxylation sites is 1. The lowest BCUT2D eigenvalue weighted by molar-refractivity contribution is 0.187. The Morgan fingerprint density at radius 3 is 2.96 bits per heavy atom. The number of halogens is 1. The topological polar surface area (TPSA) is 50.0 Å². The first kappa shape index (κ1) is 19.2. The molecular weight excluding hydrogens is 441 g/mol. The Balaban J connectivity index is 0.00000196. The molecule has 6 heteroatoms. The number of nitrogens with one attached hydrogen (secondary N) is 1.